The van der Waals surface area contributed by atoms with Gasteiger partial charge in [0.15, 0.2) is 0 Å². The van der Waals surface area contributed by atoms with E-state index >= 15 is 0 Å². The Hall–Kier alpha value is -1.27. The molecule has 1 atom stereocenters. The molecule has 0 aliphatic carbocycles. The maximum atomic E-state index is 12.8. The molecule has 0 saturated carbocycles. The van der Waals surface area contributed by atoms with Crippen LogP contribution >= 0.6 is 36.2 Å². The number of nitrogens with two attached hydrogens (primary N) is 1. The first-order valence-electron chi connectivity index (χ1n) is 7.51. The van der Waals surface area contributed by atoms with Crippen molar-refractivity contribution in [3.05, 3.63) is 53.4 Å². The molecule has 2 heterocycles. The summed E-state index contributed by atoms with van der Waals surface area (Å²) in [5.74, 6) is 0.00419. The summed E-state index contributed by atoms with van der Waals surface area (Å²) in [6.45, 7) is 4.96. The number of anilines is 1. The number of hydrogen-bond acceptors (Lipinski definition) is 4. The van der Waals surface area contributed by atoms with Gasteiger partial charge in [0, 0.05) is 26.2 Å². The van der Waals surface area contributed by atoms with E-state index in [1.807, 2.05) is 35.2 Å². The molecule has 0 radical (unpaired) electrons. The van der Waals surface area contributed by atoms with E-state index in [1.165, 1.54) is 5.00 Å². The maximum absolute atomic E-state index is 12.8. The molecule has 1 unspecified atom stereocenters. The van der Waals surface area contributed by atoms with Crippen molar-refractivity contribution in [1.82, 2.24) is 4.90 Å². The summed E-state index contributed by atoms with van der Waals surface area (Å²) in [5.41, 5.74) is 6.23. The second kappa shape index (κ2) is 8.72. The zero-order valence-corrected chi connectivity index (χ0v) is 16.0. The van der Waals surface area contributed by atoms with E-state index in [4.69, 9.17) is 5.73 Å². The molecule has 1 aromatic carbocycles. The minimum atomic E-state index is -0.966. The zero-order chi connectivity index (χ0) is 15.6. The summed E-state index contributed by atoms with van der Waals surface area (Å²) in [4.78, 5) is 17.0. The molecular formula is C17H23Cl2N3OS. The first kappa shape index (κ1) is 20.8. The lowest BCUT2D eigenvalue weighted by molar-refractivity contribution is -0.137. The third kappa shape index (κ3) is 4.22. The summed E-state index contributed by atoms with van der Waals surface area (Å²) in [6.07, 6.45) is 0. The number of benzene rings is 1. The Morgan fingerprint density at radius 2 is 1.67 bits per heavy atom. The predicted octanol–water partition coefficient (Wildman–Crippen LogP) is 3.11. The molecule has 2 N–H and O–H groups in total. The van der Waals surface area contributed by atoms with Crippen LogP contribution in [0, 0.1) is 0 Å². The van der Waals surface area contributed by atoms with Crippen molar-refractivity contribution in [2.45, 2.75) is 12.5 Å². The summed E-state index contributed by atoms with van der Waals surface area (Å²) >= 11 is 1.74. The average Bonchev–Trinajstić information content (AvgIpc) is 3.09. The summed E-state index contributed by atoms with van der Waals surface area (Å²) in [7, 11) is 0. The van der Waals surface area contributed by atoms with Crippen molar-refractivity contribution >= 4 is 47.1 Å². The van der Waals surface area contributed by atoms with Crippen LogP contribution in [-0.2, 0) is 10.3 Å². The fraction of sp³-hybridized carbons (Fsp3) is 0.353. The molecule has 7 heteroatoms. The largest absolute Gasteiger partial charge is 0.360 e. The van der Waals surface area contributed by atoms with Gasteiger partial charge >= 0.3 is 0 Å². The molecule has 1 aromatic heterocycles. The second-order valence-corrected chi connectivity index (χ2v) is 6.73. The number of thiophene rings is 1. The van der Waals surface area contributed by atoms with Crippen LogP contribution in [0.25, 0.3) is 0 Å². The van der Waals surface area contributed by atoms with Crippen molar-refractivity contribution in [2.24, 2.45) is 5.73 Å². The molecular weight excluding hydrogens is 365 g/mol. The quantitative estimate of drug-likeness (QED) is 0.879. The van der Waals surface area contributed by atoms with Gasteiger partial charge < -0.3 is 15.5 Å². The van der Waals surface area contributed by atoms with Crippen molar-refractivity contribution in [3.63, 3.8) is 0 Å². The average molecular weight is 388 g/mol. The highest BCUT2D eigenvalue weighted by Crippen LogP contribution is 2.25. The SMILES string of the molecule is CC(N)(C(=O)N1CCN(c2cccs2)CC1)c1ccccc1.Cl.Cl. The monoisotopic (exact) mass is 387 g/mol. The minimum Gasteiger partial charge on any atom is -0.360 e. The van der Waals surface area contributed by atoms with Gasteiger partial charge in [0.2, 0.25) is 5.91 Å². The van der Waals surface area contributed by atoms with Crippen molar-refractivity contribution in [2.75, 3.05) is 31.1 Å². The van der Waals surface area contributed by atoms with Crippen LogP contribution in [0.3, 0.4) is 0 Å². The number of piperazine rings is 1. The number of halogens is 2. The Balaban J connectivity index is 0.00000144. The van der Waals surface area contributed by atoms with Gasteiger partial charge in [0.25, 0.3) is 0 Å². The van der Waals surface area contributed by atoms with Gasteiger partial charge in [-0.3, -0.25) is 4.79 Å². The number of amides is 1. The van der Waals surface area contributed by atoms with E-state index in [0.29, 0.717) is 0 Å². The first-order valence-corrected chi connectivity index (χ1v) is 8.39. The van der Waals surface area contributed by atoms with Crippen LogP contribution in [0.1, 0.15) is 12.5 Å². The standard InChI is InChI=1S/C17H21N3OS.2ClH/c1-17(18,14-6-3-2-4-7-14)16(21)20-11-9-19(10-12-20)15-8-5-13-22-15;;/h2-8,13H,9-12,18H2,1H3;2*1H. The Morgan fingerprint density at radius 3 is 2.21 bits per heavy atom. The first-order chi connectivity index (χ1) is 10.6. The van der Waals surface area contributed by atoms with E-state index < -0.39 is 5.54 Å². The molecule has 1 saturated heterocycles. The van der Waals surface area contributed by atoms with Crippen molar-refractivity contribution in [1.29, 1.82) is 0 Å². The molecule has 1 fully saturated rings. The molecule has 0 spiro atoms. The summed E-state index contributed by atoms with van der Waals surface area (Å²) in [6, 6.07) is 13.8. The van der Waals surface area contributed by atoms with Crippen LogP contribution < -0.4 is 10.6 Å². The van der Waals surface area contributed by atoms with E-state index in [2.05, 4.69) is 22.4 Å². The lowest BCUT2D eigenvalue weighted by atomic mass is 9.91. The molecule has 4 nitrogen and oxygen atoms in total. The molecule has 24 heavy (non-hydrogen) atoms. The minimum absolute atomic E-state index is 0. The summed E-state index contributed by atoms with van der Waals surface area (Å²) < 4.78 is 0. The van der Waals surface area contributed by atoms with Crippen LogP contribution in [0.5, 0.6) is 0 Å². The Kier molecular flexibility index (Phi) is 7.55. The van der Waals surface area contributed by atoms with Crippen molar-refractivity contribution in [3.8, 4) is 0 Å². The van der Waals surface area contributed by atoms with Gasteiger partial charge in [-0.05, 0) is 30.0 Å². The topological polar surface area (TPSA) is 49.6 Å². The molecule has 132 valence electrons. The highest BCUT2D eigenvalue weighted by atomic mass is 35.5. The third-order valence-corrected chi connectivity index (χ3v) is 5.13. The Morgan fingerprint density at radius 1 is 1.04 bits per heavy atom. The predicted molar refractivity (Wildman–Crippen MR) is 106 cm³/mol. The number of rotatable bonds is 3. The third-order valence-electron chi connectivity index (χ3n) is 4.20. The van der Waals surface area contributed by atoms with Crippen LogP contribution in [0.15, 0.2) is 47.8 Å². The molecule has 3 rings (SSSR count). The highest BCUT2D eigenvalue weighted by molar-refractivity contribution is 7.14. The zero-order valence-electron chi connectivity index (χ0n) is 13.6. The number of carbonyl (C=O) groups excluding carboxylic acids is 1. The van der Waals surface area contributed by atoms with Crippen LogP contribution in [0.2, 0.25) is 0 Å². The van der Waals surface area contributed by atoms with Crippen molar-refractivity contribution < 1.29 is 4.79 Å². The highest BCUT2D eigenvalue weighted by Gasteiger charge is 2.35. The van der Waals surface area contributed by atoms with Gasteiger partial charge in [0.05, 0.1) is 5.00 Å². The molecule has 1 aliphatic heterocycles. The summed E-state index contributed by atoms with van der Waals surface area (Å²) in [5, 5.41) is 3.35. The smallest absolute Gasteiger partial charge is 0.247 e. The number of hydrogen-bond donors (Lipinski definition) is 1. The fourth-order valence-corrected chi connectivity index (χ4v) is 3.60. The second-order valence-electron chi connectivity index (χ2n) is 5.80. The van der Waals surface area contributed by atoms with E-state index in [1.54, 1.807) is 18.3 Å². The fourth-order valence-electron chi connectivity index (χ4n) is 2.82. The van der Waals surface area contributed by atoms with Gasteiger partial charge in [0.1, 0.15) is 5.54 Å². The van der Waals surface area contributed by atoms with E-state index in [-0.39, 0.29) is 30.7 Å². The van der Waals surface area contributed by atoms with Gasteiger partial charge in [-0.1, -0.05) is 30.3 Å². The van der Waals surface area contributed by atoms with Gasteiger partial charge in [-0.15, -0.1) is 36.2 Å². The lowest BCUT2D eigenvalue weighted by Gasteiger charge is -2.39. The lowest BCUT2D eigenvalue weighted by Crippen LogP contribution is -2.56. The Bertz CT molecular complexity index is 627. The molecule has 1 aliphatic rings. The van der Waals surface area contributed by atoms with E-state index in [0.717, 1.165) is 31.7 Å². The number of nitrogens with zero attached hydrogens (tertiary/aromatic N) is 2. The molecule has 0 bridgehead atoms. The maximum Gasteiger partial charge on any atom is 0.247 e. The van der Waals surface area contributed by atoms with Gasteiger partial charge in [-0.2, -0.15) is 0 Å². The van der Waals surface area contributed by atoms with E-state index in [9.17, 15) is 4.79 Å². The van der Waals surface area contributed by atoms with Crippen LogP contribution in [0.4, 0.5) is 5.00 Å². The van der Waals surface area contributed by atoms with Crippen LogP contribution in [-0.4, -0.2) is 37.0 Å². The number of carbonyl (C=O) groups is 1. The molecule has 1 amide bonds. The normalized spacial score (nSPS) is 16.6. The van der Waals surface area contributed by atoms with Gasteiger partial charge in [-0.25, -0.2) is 0 Å². The molecule has 2 aromatic rings. The Labute approximate surface area is 159 Å².